The summed E-state index contributed by atoms with van der Waals surface area (Å²) in [4.78, 5) is 27.1. The summed E-state index contributed by atoms with van der Waals surface area (Å²) in [7, 11) is 0. The molecule has 138 valence electrons. The number of aromatic nitrogens is 2. The molecular weight excluding hydrogens is 348 g/mol. The first kappa shape index (κ1) is 19.8. The summed E-state index contributed by atoms with van der Waals surface area (Å²) in [6, 6.07) is 9.31. The number of carbonyl (C=O) groups excluding carboxylic acids is 1. The van der Waals surface area contributed by atoms with Gasteiger partial charge in [-0.1, -0.05) is 56.7 Å². The molecule has 2 rings (SSSR count). The molecule has 2 aromatic rings. The maximum absolute atomic E-state index is 12.3. The molecule has 0 bridgehead atoms. The lowest BCUT2D eigenvalue weighted by molar-refractivity contribution is -0.149. The summed E-state index contributed by atoms with van der Waals surface area (Å²) >= 11 is 5.32. The Kier molecular flexibility index (Phi) is 7.09. The standard InChI is InChI=1S/C20H24N2O3S/c1-4-5-7-12-17(25-19(24)14(2)3)22-13-16(18(23)21-20(22)26)15-10-8-6-9-11-15/h6,8-11,13,17H,2,4-5,7,12H2,1,3H3,(H,21,23,26). The van der Waals surface area contributed by atoms with Crippen LogP contribution in [0.1, 0.15) is 45.8 Å². The molecule has 1 heterocycles. The van der Waals surface area contributed by atoms with Gasteiger partial charge in [0.25, 0.3) is 5.56 Å². The van der Waals surface area contributed by atoms with E-state index in [0.29, 0.717) is 17.6 Å². The lowest BCUT2D eigenvalue weighted by Crippen LogP contribution is -2.23. The number of esters is 1. The number of nitrogens with zero attached hydrogens (tertiary/aromatic N) is 1. The molecule has 26 heavy (non-hydrogen) atoms. The van der Waals surface area contributed by atoms with Gasteiger partial charge >= 0.3 is 5.97 Å². The average Bonchev–Trinajstić information content (AvgIpc) is 2.62. The third-order valence-electron chi connectivity index (χ3n) is 4.01. The molecule has 1 aromatic carbocycles. The summed E-state index contributed by atoms with van der Waals surface area (Å²) in [6.07, 6.45) is 4.64. The van der Waals surface area contributed by atoms with Crippen molar-refractivity contribution in [3.8, 4) is 11.1 Å². The smallest absolute Gasteiger partial charge is 0.335 e. The normalized spacial score (nSPS) is 11.8. The first-order valence-electron chi connectivity index (χ1n) is 8.71. The maximum atomic E-state index is 12.3. The first-order chi connectivity index (χ1) is 12.4. The number of benzene rings is 1. The fourth-order valence-electron chi connectivity index (χ4n) is 2.57. The Bertz CT molecular complexity index is 884. The summed E-state index contributed by atoms with van der Waals surface area (Å²) in [5.74, 6) is -0.471. The van der Waals surface area contributed by atoms with E-state index < -0.39 is 12.2 Å². The van der Waals surface area contributed by atoms with Gasteiger partial charge in [0.05, 0.1) is 5.56 Å². The lowest BCUT2D eigenvalue weighted by Gasteiger charge is -2.21. The average molecular weight is 372 g/mol. The maximum Gasteiger partial charge on any atom is 0.335 e. The van der Waals surface area contributed by atoms with Crippen molar-refractivity contribution in [1.82, 2.24) is 9.55 Å². The van der Waals surface area contributed by atoms with E-state index in [1.165, 1.54) is 0 Å². The topological polar surface area (TPSA) is 64.1 Å². The Labute approximate surface area is 158 Å². The van der Waals surface area contributed by atoms with Crippen molar-refractivity contribution in [3.05, 3.63) is 63.8 Å². The van der Waals surface area contributed by atoms with Crippen molar-refractivity contribution < 1.29 is 9.53 Å². The highest BCUT2D eigenvalue weighted by atomic mass is 32.1. The van der Waals surface area contributed by atoms with Gasteiger partial charge in [0.2, 0.25) is 0 Å². The van der Waals surface area contributed by atoms with Crippen molar-refractivity contribution in [2.75, 3.05) is 0 Å². The molecule has 1 N–H and O–H groups in total. The summed E-state index contributed by atoms with van der Waals surface area (Å²) < 4.78 is 7.47. The Hall–Kier alpha value is -2.47. The van der Waals surface area contributed by atoms with Gasteiger partial charge in [-0.25, -0.2) is 4.79 Å². The van der Waals surface area contributed by atoms with E-state index in [-0.39, 0.29) is 10.3 Å². The number of H-pyrrole nitrogens is 1. The Morgan fingerprint density at radius 3 is 2.62 bits per heavy atom. The second kappa shape index (κ2) is 9.29. The zero-order valence-electron chi connectivity index (χ0n) is 15.2. The Morgan fingerprint density at radius 2 is 2.00 bits per heavy atom. The fourth-order valence-corrected chi connectivity index (χ4v) is 2.83. The van der Waals surface area contributed by atoms with Crippen LogP contribution in [0.2, 0.25) is 0 Å². The third kappa shape index (κ3) is 5.02. The van der Waals surface area contributed by atoms with Gasteiger partial charge in [-0.2, -0.15) is 0 Å². The SMILES string of the molecule is C=C(C)C(=O)OC(CCCCC)n1cc(-c2ccccc2)c(=O)[nH]c1=S. The van der Waals surface area contributed by atoms with Gasteiger partial charge in [0.15, 0.2) is 11.0 Å². The molecule has 0 aliphatic carbocycles. The minimum absolute atomic E-state index is 0.227. The number of rotatable bonds is 8. The molecule has 5 nitrogen and oxygen atoms in total. The van der Waals surface area contributed by atoms with Crippen molar-refractivity contribution in [2.45, 2.75) is 45.8 Å². The second-order valence-electron chi connectivity index (χ2n) is 6.21. The van der Waals surface area contributed by atoms with E-state index in [2.05, 4.69) is 18.5 Å². The van der Waals surface area contributed by atoms with Crippen molar-refractivity contribution >= 4 is 18.2 Å². The Balaban J connectivity index is 2.45. The number of unbranched alkanes of at least 4 members (excludes halogenated alkanes) is 2. The van der Waals surface area contributed by atoms with Gasteiger partial charge in [-0.05, 0) is 31.1 Å². The van der Waals surface area contributed by atoms with E-state index in [9.17, 15) is 9.59 Å². The number of hydrogen-bond donors (Lipinski definition) is 1. The van der Waals surface area contributed by atoms with E-state index in [4.69, 9.17) is 17.0 Å². The summed E-state index contributed by atoms with van der Waals surface area (Å²) in [6.45, 7) is 7.34. The van der Waals surface area contributed by atoms with E-state index in [1.807, 2.05) is 30.3 Å². The van der Waals surface area contributed by atoms with Crippen LogP contribution in [0.4, 0.5) is 0 Å². The summed E-state index contributed by atoms with van der Waals surface area (Å²) in [5.41, 5.74) is 1.31. The molecule has 0 radical (unpaired) electrons. The molecule has 0 saturated heterocycles. The Morgan fingerprint density at radius 1 is 1.31 bits per heavy atom. The molecule has 1 unspecified atom stereocenters. The van der Waals surface area contributed by atoms with Crippen LogP contribution in [0.15, 0.2) is 53.5 Å². The van der Waals surface area contributed by atoms with Gasteiger partial charge in [-0.3, -0.25) is 14.3 Å². The quantitative estimate of drug-likeness (QED) is 0.314. The van der Waals surface area contributed by atoms with Crippen LogP contribution in [0.25, 0.3) is 11.1 Å². The number of nitrogens with one attached hydrogen (secondary N) is 1. The first-order valence-corrected chi connectivity index (χ1v) is 9.12. The van der Waals surface area contributed by atoms with E-state index in [0.717, 1.165) is 24.8 Å². The van der Waals surface area contributed by atoms with Gasteiger partial charge in [-0.15, -0.1) is 0 Å². The molecule has 0 aliphatic heterocycles. The molecule has 1 aromatic heterocycles. The number of ether oxygens (including phenoxy) is 1. The molecule has 6 heteroatoms. The van der Waals surface area contributed by atoms with Gasteiger partial charge < -0.3 is 4.74 Å². The largest absolute Gasteiger partial charge is 0.438 e. The highest BCUT2D eigenvalue weighted by molar-refractivity contribution is 7.71. The van der Waals surface area contributed by atoms with E-state index >= 15 is 0 Å². The number of hydrogen-bond acceptors (Lipinski definition) is 4. The fraction of sp³-hybridized carbons (Fsp3) is 0.350. The lowest BCUT2D eigenvalue weighted by atomic mass is 10.1. The number of aromatic amines is 1. The monoisotopic (exact) mass is 372 g/mol. The minimum atomic E-state index is -0.586. The molecular formula is C20H24N2O3S. The predicted molar refractivity (Wildman–Crippen MR) is 105 cm³/mol. The highest BCUT2D eigenvalue weighted by Crippen LogP contribution is 2.22. The molecule has 0 aliphatic rings. The van der Waals surface area contributed by atoms with Crippen LogP contribution in [-0.4, -0.2) is 15.5 Å². The molecule has 1 atom stereocenters. The minimum Gasteiger partial charge on any atom is -0.438 e. The molecule has 0 amide bonds. The van der Waals surface area contributed by atoms with E-state index in [1.54, 1.807) is 17.7 Å². The van der Waals surface area contributed by atoms with Crippen LogP contribution in [0.5, 0.6) is 0 Å². The van der Waals surface area contributed by atoms with Crippen LogP contribution >= 0.6 is 12.2 Å². The molecule has 0 fully saturated rings. The zero-order valence-corrected chi connectivity index (χ0v) is 16.0. The highest BCUT2D eigenvalue weighted by Gasteiger charge is 2.18. The summed E-state index contributed by atoms with van der Waals surface area (Å²) in [5, 5.41) is 0. The number of carbonyl (C=O) groups is 1. The predicted octanol–water partition coefficient (Wildman–Crippen LogP) is 4.77. The molecule has 0 spiro atoms. The van der Waals surface area contributed by atoms with Crippen molar-refractivity contribution in [1.29, 1.82) is 0 Å². The van der Waals surface area contributed by atoms with Gasteiger partial charge in [0.1, 0.15) is 0 Å². The van der Waals surface area contributed by atoms with Crippen LogP contribution in [-0.2, 0) is 9.53 Å². The van der Waals surface area contributed by atoms with Gasteiger partial charge in [0, 0.05) is 18.2 Å². The second-order valence-corrected chi connectivity index (χ2v) is 6.60. The van der Waals surface area contributed by atoms with Crippen LogP contribution < -0.4 is 5.56 Å². The third-order valence-corrected chi connectivity index (χ3v) is 4.32. The molecule has 0 saturated carbocycles. The van der Waals surface area contributed by atoms with Crippen molar-refractivity contribution in [3.63, 3.8) is 0 Å². The van der Waals surface area contributed by atoms with Crippen LogP contribution in [0.3, 0.4) is 0 Å². The zero-order chi connectivity index (χ0) is 19.1. The van der Waals surface area contributed by atoms with Crippen LogP contribution in [0, 0.1) is 4.77 Å². The van der Waals surface area contributed by atoms with Crippen molar-refractivity contribution in [2.24, 2.45) is 0 Å².